The van der Waals surface area contributed by atoms with Crippen LogP contribution in [0.1, 0.15) is 19.8 Å². The average Bonchev–Trinajstić information content (AvgIpc) is 2.16. The van der Waals surface area contributed by atoms with E-state index in [4.69, 9.17) is 0 Å². The Kier molecular flexibility index (Phi) is 3.37. The molecule has 3 N–H and O–H groups in total. The lowest BCUT2D eigenvalue weighted by molar-refractivity contribution is -0.121. The van der Waals surface area contributed by atoms with Gasteiger partial charge in [-0.15, -0.1) is 0 Å². The number of amides is 1. The standard InChI is InChI=1S/C7H14N4O/c1-2-6(12)10-11-7-8-4-3-5-9-7/h2-5H2,1H3,(H,10,12)(H2,8,9,11). The van der Waals surface area contributed by atoms with E-state index in [-0.39, 0.29) is 5.91 Å². The number of guanidine groups is 1. The summed E-state index contributed by atoms with van der Waals surface area (Å²) in [5, 5.41) is 3.02. The van der Waals surface area contributed by atoms with Gasteiger partial charge in [-0.05, 0) is 6.42 Å². The zero-order valence-electron chi connectivity index (χ0n) is 7.18. The van der Waals surface area contributed by atoms with E-state index >= 15 is 0 Å². The first-order valence-electron chi connectivity index (χ1n) is 4.16. The van der Waals surface area contributed by atoms with Gasteiger partial charge in [0.15, 0.2) is 0 Å². The summed E-state index contributed by atoms with van der Waals surface area (Å²) in [6.07, 6.45) is 1.52. The van der Waals surface area contributed by atoms with Crippen LogP contribution in [0.5, 0.6) is 0 Å². The molecule has 1 aliphatic heterocycles. The Morgan fingerprint density at radius 1 is 1.75 bits per heavy atom. The van der Waals surface area contributed by atoms with Gasteiger partial charge < -0.3 is 5.32 Å². The molecule has 1 rings (SSSR count). The van der Waals surface area contributed by atoms with E-state index in [0.29, 0.717) is 12.4 Å². The van der Waals surface area contributed by atoms with Crippen molar-refractivity contribution in [1.29, 1.82) is 0 Å². The molecule has 0 fully saturated rings. The maximum Gasteiger partial charge on any atom is 0.238 e. The summed E-state index contributed by atoms with van der Waals surface area (Å²) < 4.78 is 0. The highest BCUT2D eigenvalue weighted by Crippen LogP contribution is 1.85. The van der Waals surface area contributed by atoms with E-state index in [0.717, 1.165) is 19.5 Å². The number of carbonyl (C=O) groups is 1. The van der Waals surface area contributed by atoms with Crippen molar-refractivity contribution < 1.29 is 4.79 Å². The van der Waals surface area contributed by atoms with Crippen LogP contribution >= 0.6 is 0 Å². The van der Waals surface area contributed by atoms with Gasteiger partial charge in [0.25, 0.3) is 0 Å². The molecule has 0 bridgehead atoms. The lowest BCUT2D eigenvalue weighted by Gasteiger charge is -2.15. The molecule has 68 valence electrons. The molecule has 0 saturated heterocycles. The summed E-state index contributed by atoms with van der Waals surface area (Å²) in [4.78, 5) is 14.9. The van der Waals surface area contributed by atoms with Crippen molar-refractivity contribution in [2.24, 2.45) is 4.99 Å². The topological polar surface area (TPSA) is 65.5 Å². The number of hydrogen-bond donors (Lipinski definition) is 3. The minimum atomic E-state index is -0.0370. The summed E-state index contributed by atoms with van der Waals surface area (Å²) in [5.74, 6) is 0.619. The molecular weight excluding hydrogens is 156 g/mol. The molecule has 1 amide bonds. The Morgan fingerprint density at radius 2 is 2.58 bits per heavy atom. The fourth-order valence-corrected chi connectivity index (χ4v) is 0.834. The third-order valence-corrected chi connectivity index (χ3v) is 1.54. The zero-order valence-corrected chi connectivity index (χ0v) is 7.18. The summed E-state index contributed by atoms with van der Waals surface area (Å²) >= 11 is 0. The summed E-state index contributed by atoms with van der Waals surface area (Å²) in [6, 6.07) is 0. The Labute approximate surface area is 71.6 Å². The second kappa shape index (κ2) is 4.58. The molecule has 0 unspecified atom stereocenters. The predicted molar refractivity (Wildman–Crippen MR) is 46.5 cm³/mol. The molecule has 0 atom stereocenters. The Hall–Kier alpha value is -1.26. The van der Waals surface area contributed by atoms with Crippen LogP contribution in [0.25, 0.3) is 0 Å². The fourth-order valence-electron chi connectivity index (χ4n) is 0.834. The molecule has 0 aromatic heterocycles. The largest absolute Gasteiger partial charge is 0.355 e. The van der Waals surface area contributed by atoms with Crippen LogP contribution in [0.3, 0.4) is 0 Å². The molecule has 0 spiro atoms. The minimum absolute atomic E-state index is 0.0370. The first kappa shape index (κ1) is 8.83. The molecule has 0 aromatic carbocycles. The van der Waals surface area contributed by atoms with Gasteiger partial charge >= 0.3 is 0 Å². The molecule has 12 heavy (non-hydrogen) atoms. The number of aliphatic imine (C=N–C) groups is 1. The third kappa shape index (κ3) is 2.77. The van der Waals surface area contributed by atoms with Crippen molar-refractivity contribution in [2.75, 3.05) is 13.1 Å². The van der Waals surface area contributed by atoms with Crippen LogP contribution in [0, 0.1) is 0 Å². The third-order valence-electron chi connectivity index (χ3n) is 1.54. The number of hydrogen-bond acceptors (Lipinski definition) is 4. The lowest BCUT2D eigenvalue weighted by atomic mass is 10.4. The number of rotatable bonds is 1. The molecule has 5 nitrogen and oxygen atoms in total. The molecule has 5 heteroatoms. The first-order chi connectivity index (χ1) is 5.83. The van der Waals surface area contributed by atoms with Crippen LogP contribution < -0.4 is 16.2 Å². The molecule has 0 aromatic rings. The number of nitrogens with zero attached hydrogens (tertiary/aromatic N) is 1. The highest BCUT2D eigenvalue weighted by Gasteiger charge is 2.03. The van der Waals surface area contributed by atoms with E-state index in [9.17, 15) is 4.79 Å². The lowest BCUT2D eigenvalue weighted by Crippen LogP contribution is -2.49. The molecule has 1 aliphatic rings. The van der Waals surface area contributed by atoms with Crippen molar-refractivity contribution in [3.05, 3.63) is 0 Å². The van der Waals surface area contributed by atoms with Gasteiger partial charge in [-0.2, -0.15) is 0 Å². The number of hydrazine groups is 1. The second-order valence-corrected chi connectivity index (χ2v) is 2.54. The van der Waals surface area contributed by atoms with Gasteiger partial charge in [0.05, 0.1) is 0 Å². The monoisotopic (exact) mass is 170 g/mol. The van der Waals surface area contributed by atoms with Gasteiger partial charge in [-0.3, -0.25) is 20.6 Å². The van der Waals surface area contributed by atoms with Crippen molar-refractivity contribution in [1.82, 2.24) is 16.2 Å². The smallest absolute Gasteiger partial charge is 0.238 e. The normalized spacial score (nSPS) is 15.9. The Morgan fingerprint density at radius 3 is 3.17 bits per heavy atom. The molecule has 1 heterocycles. The minimum Gasteiger partial charge on any atom is -0.355 e. The van der Waals surface area contributed by atoms with Crippen LogP contribution in [-0.4, -0.2) is 25.0 Å². The van der Waals surface area contributed by atoms with Crippen LogP contribution in [0.4, 0.5) is 0 Å². The Bertz CT molecular complexity index is 190. The quantitative estimate of drug-likeness (QED) is 0.459. The van der Waals surface area contributed by atoms with Gasteiger partial charge in [-0.25, -0.2) is 0 Å². The van der Waals surface area contributed by atoms with Gasteiger partial charge in [0, 0.05) is 19.5 Å². The van der Waals surface area contributed by atoms with E-state index in [1.54, 1.807) is 6.92 Å². The molecule has 0 saturated carbocycles. The highest BCUT2D eigenvalue weighted by atomic mass is 16.2. The summed E-state index contributed by atoms with van der Waals surface area (Å²) in [5.41, 5.74) is 5.23. The molecular formula is C7H14N4O. The van der Waals surface area contributed by atoms with Gasteiger partial charge in [0.2, 0.25) is 11.9 Å². The fraction of sp³-hybridized carbons (Fsp3) is 0.714. The summed E-state index contributed by atoms with van der Waals surface area (Å²) in [7, 11) is 0. The maximum atomic E-state index is 10.8. The average molecular weight is 170 g/mol. The number of carbonyl (C=O) groups excluding carboxylic acids is 1. The SMILES string of the molecule is CCC(=O)NNC1=NCCCN1. The van der Waals surface area contributed by atoms with E-state index in [1.165, 1.54) is 0 Å². The van der Waals surface area contributed by atoms with Crippen molar-refractivity contribution in [3.8, 4) is 0 Å². The number of nitrogens with one attached hydrogen (secondary N) is 3. The van der Waals surface area contributed by atoms with Crippen LogP contribution in [-0.2, 0) is 4.79 Å². The maximum absolute atomic E-state index is 10.8. The zero-order chi connectivity index (χ0) is 8.81. The van der Waals surface area contributed by atoms with Crippen LogP contribution in [0.2, 0.25) is 0 Å². The van der Waals surface area contributed by atoms with E-state index in [2.05, 4.69) is 21.2 Å². The van der Waals surface area contributed by atoms with Crippen LogP contribution in [0.15, 0.2) is 4.99 Å². The first-order valence-corrected chi connectivity index (χ1v) is 4.16. The van der Waals surface area contributed by atoms with Gasteiger partial charge in [-0.1, -0.05) is 6.92 Å². The van der Waals surface area contributed by atoms with Crippen molar-refractivity contribution in [3.63, 3.8) is 0 Å². The van der Waals surface area contributed by atoms with Gasteiger partial charge in [0.1, 0.15) is 0 Å². The molecule has 0 aliphatic carbocycles. The predicted octanol–water partition coefficient (Wildman–Crippen LogP) is -0.633. The van der Waals surface area contributed by atoms with E-state index in [1.807, 2.05) is 0 Å². The van der Waals surface area contributed by atoms with Crippen molar-refractivity contribution >= 4 is 11.9 Å². The molecule has 0 radical (unpaired) electrons. The van der Waals surface area contributed by atoms with E-state index < -0.39 is 0 Å². The Balaban J connectivity index is 2.21. The summed E-state index contributed by atoms with van der Waals surface area (Å²) in [6.45, 7) is 3.53. The van der Waals surface area contributed by atoms with Crippen molar-refractivity contribution in [2.45, 2.75) is 19.8 Å². The highest BCUT2D eigenvalue weighted by molar-refractivity contribution is 5.84. The second-order valence-electron chi connectivity index (χ2n) is 2.54.